The summed E-state index contributed by atoms with van der Waals surface area (Å²) in [5.74, 6) is 3.12. The lowest BCUT2D eigenvalue weighted by Gasteiger charge is -2.38. The van der Waals surface area contributed by atoms with Crippen molar-refractivity contribution < 1.29 is 4.39 Å². The minimum atomic E-state index is -0.612. The van der Waals surface area contributed by atoms with E-state index in [0.29, 0.717) is 0 Å². The Balaban J connectivity index is 1.62. The molecule has 0 N–H and O–H groups in total. The molecular formula is C21H34FN. The van der Waals surface area contributed by atoms with Gasteiger partial charge in [0.25, 0.3) is 0 Å². The Labute approximate surface area is 142 Å². The summed E-state index contributed by atoms with van der Waals surface area (Å²) in [5, 5.41) is 8.42. The summed E-state index contributed by atoms with van der Waals surface area (Å²) >= 11 is 0. The number of unbranched alkanes of at least 4 members (excludes halogenated alkanes) is 1. The van der Waals surface area contributed by atoms with Gasteiger partial charge in [0.1, 0.15) is 6.07 Å². The molecule has 0 aromatic carbocycles. The molecule has 0 amide bonds. The molecule has 0 aromatic heterocycles. The summed E-state index contributed by atoms with van der Waals surface area (Å²) in [4.78, 5) is 0. The van der Waals surface area contributed by atoms with E-state index in [1.165, 1.54) is 76.7 Å². The summed E-state index contributed by atoms with van der Waals surface area (Å²) in [6.07, 6.45) is 18.8. The lowest BCUT2D eigenvalue weighted by Crippen LogP contribution is -2.25. The molecule has 2 aliphatic rings. The second-order valence-corrected chi connectivity index (χ2v) is 7.95. The molecule has 0 radical (unpaired) electrons. The molecule has 0 atom stereocenters. The average molecular weight is 320 g/mol. The molecule has 2 heteroatoms. The van der Waals surface area contributed by atoms with Crippen molar-refractivity contribution in [3.63, 3.8) is 0 Å². The van der Waals surface area contributed by atoms with Crippen molar-refractivity contribution in [2.45, 2.75) is 90.4 Å². The molecule has 1 nitrogen and oxygen atoms in total. The number of nitriles is 1. The van der Waals surface area contributed by atoms with Crippen LogP contribution in [0.2, 0.25) is 0 Å². The molecule has 23 heavy (non-hydrogen) atoms. The topological polar surface area (TPSA) is 23.8 Å². The molecule has 0 aromatic rings. The second-order valence-electron chi connectivity index (χ2n) is 7.95. The lowest BCUT2D eigenvalue weighted by atomic mass is 9.68. The van der Waals surface area contributed by atoms with Gasteiger partial charge in [-0.05, 0) is 68.3 Å². The molecule has 2 aliphatic carbocycles. The Morgan fingerprint density at radius 1 is 0.957 bits per heavy atom. The summed E-state index contributed by atoms with van der Waals surface area (Å²) in [5.41, 5.74) is 0. The van der Waals surface area contributed by atoms with Gasteiger partial charge in [0.05, 0.1) is 0 Å². The SMILES string of the molecule is CCCC[C@H]1CC[C@H]([C@H]2CC[C@H](CCC=C(F)C#N)CC2)CC1. The number of allylic oxidation sites excluding steroid dienone is 2. The smallest absolute Gasteiger partial charge is 0.195 e. The maximum Gasteiger partial charge on any atom is 0.196 e. The number of hydrogen-bond acceptors (Lipinski definition) is 1. The summed E-state index contributed by atoms with van der Waals surface area (Å²) in [6.45, 7) is 2.30. The van der Waals surface area contributed by atoms with E-state index >= 15 is 0 Å². The van der Waals surface area contributed by atoms with Crippen molar-refractivity contribution in [2.75, 3.05) is 0 Å². The zero-order valence-electron chi connectivity index (χ0n) is 14.9. The van der Waals surface area contributed by atoms with Crippen LogP contribution in [0.25, 0.3) is 0 Å². The van der Waals surface area contributed by atoms with Gasteiger partial charge in [0, 0.05) is 0 Å². The van der Waals surface area contributed by atoms with Gasteiger partial charge in [-0.2, -0.15) is 9.65 Å². The van der Waals surface area contributed by atoms with Crippen molar-refractivity contribution in [1.29, 1.82) is 5.26 Å². The Kier molecular flexibility index (Phi) is 8.13. The molecule has 0 heterocycles. The van der Waals surface area contributed by atoms with Crippen molar-refractivity contribution >= 4 is 0 Å². The lowest BCUT2D eigenvalue weighted by molar-refractivity contribution is 0.141. The van der Waals surface area contributed by atoms with Crippen molar-refractivity contribution in [2.24, 2.45) is 23.7 Å². The quantitative estimate of drug-likeness (QED) is 0.466. The van der Waals surface area contributed by atoms with Crippen LogP contribution in [0.1, 0.15) is 90.4 Å². The van der Waals surface area contributed by atoms with Crippen molar-refractivity contribution in [3.8, 4) is 6.07 Å². The number of rotatable bonds is 7. The standard InChI is InChI=1S/C21H34FN/c1-2-3-5-17-8-12-19(13-9-17)20-14-10-18(11-15-20)6-4-7-21(22)16-23/h7,17-20H,2-6,8-15H2,1H3/t17-,18-,19-,20-. The first-order chi connectivity index (χ1) is 11.2. The fourth-order valence-corrected chi connectivity index (χ4v) is 4.88. The summed E-state index contributed by atoms with van der Waals surface area (Å²) in [7, 11) is 0. The van der Waals surface area contributed by atoms with E-state index in [1.807, 2.05) is 0 Å². The Hall–Kier alpha value is -0.840. The van der Waals surface area contributed by atoms with E-state index in [1.54, 1.807) is 6.07 Å². The molecule has 0 unspecified atom stereocenters. The average Bonchev–Trinajstić information content (AvgIpc) is 2.61. The van der Waals surface area contributed by atoms with Crippen LogP contribution in [0.15, 0.2) is 11.9 Å². The largest absolute Gasteiger partial charge is 0.196 e. The zero-order chi connectivity index (χ0) is 16.5. The first kappa shape index (κ1) is 18.5. The van der Waals surface area contributed by atoms with Crippen LogP contribution in [0.5, 0.6) is 0 Å². The highest BCUT2D eigenvalue weighted by Crippen LogP contribution is 2.43. The Morgan fingerprint density at radius 3 is 1.96 bits per heavy atom. The minimum absolute atomic E-state index is 0.612. The second kappa shape index (κ2) is 10.1. The van der Waals surface area contributed by atoms with E-state index in [4.69, 9.17) is 5.26 Å². The third-order valence-electron chi connectivity index (χ3n) is 6.42. The molecule has 2 fully saturated rings. The maximum atomic E-state index is 12.8. The van der Waals surface area contributed by atoms with Gasteiger partial charge in [-0.3, -0.25) is 0 Å². The molecule has 0 spiro atoms. The van der Waals surface area contributed by atoms with Crippen molar-refractivity contribution in [1.82, 2.24) is 0 Å². The Morgan fingerprint density at radius 2 is 1.48 bits per heavy atom. The van der Waals surface area contributed by atoms with E-state index in [9.17, 15) is 4.39 Å². The Bertz CT molecular complexity index is 393. The molecule has 0 aliphatic heterocycles. The fourth-order valence-electron chi connectivity index (χ4n) is 4.88. The number of hydrogen-bond donors (Lipinski definition) is 0. The van der Waals surface area contributed by atoms with Crippen LogP contribution in [0.4, 0.5) is 4.39 Å². The van der Waals surface area contributed by atoms with E-state index in [2.05, 4.69) is 6.92 Å². The minimum Gasteiger partial charge on any atom is -0.195 e. The molecule has 130 valence electrons. The molecule has 2 saturated carbocycles. The highest BCUT2D eigenvalue weighted by molar-refractivity contribution is 5.11. The molecular weight excluding hydrogens is 285 g/mol. The number of halogens is 1. The normalized spacial score (nSPS) is 32.5. The first-order valence-corrected chi connectivity index (χ1v) is 9.98. The van der Waals surface area contributed by atoms with E-state index in [-0.39, 0.29) is 0 Å². The van der Waals surface area contributed by atoms with Crippen LogP contribution in [-0.2, 0) is 0 Å². The van der Waals surface area contributed by atoms with Crippen molar-refractivity contribution in [3.05, 3.63) is 11.9 Å². The van der Waals surface area contributed by atoms with Gasteiger partial charge in [0.15, 0.2) is 5.83 Å². The monoisotopic (exact) mass is 319 g/mol. The van der Waals surface area contributed by atoms with Crippen LogP contribution < -0.4 is 0 Å². The first-order valence-electron chi connectivity index (χ1n) is 9.98. The molecule has 0 bridgehead atoms. The predicted octanol–water partition coefficient (Wildman–Crippen LogP) is 6.95. The van der Waals surface area contributed by atoms with Crippen LogP contribution >= 0.6 is 0 Å². The van der Waals surface area contributed by atoms with Gasteiger partial charge >= 0.3 is 0 Å². The van der Waals surface area contributed by atoms with Gasteiger partial charge in [-0.25, -0.2) is 0 Å². The summed E-state index contributed by atoms with van der Waals surface area (Å²) < 4.78 is 12.8. The van der Waals surface area contributed by atoms with Crippen LogP contribution in [0.3, 0.4) is 0 Å². The van der Waals surface area contributed by atoms with Gasteiger partial charge in [-0.15, -0.1) is 0 Å². The van der Waals surface area contributed by atoms with Crippen LogP contribution in [-0.4, -0.2) is 0 Å². The molecule has 2 rings (SSSR count). The zero-order valence-corrected chi connectivity index (χ0v) is 14.9. The maximum absolute atomic E-state index is 12.8. The third kappa shape index (κ3) is 6.28. The highest BCUT2D eigenvalue weighted by atomic mass is 19.1. The van der Waals surface area contributed by atoms with Gasteiger partial charge in [-0.1, -0.05) is 51.9 Å². The van der Waals surface area contributed by atoms with E-state index in [0.717, 1.165) is 36.5 Å². The van der Waals surface area contributed by atoms with Crippen LogP contribution in [0, 0.1) is 35.0 Å². The fraction of sp³-hybridized carbons (Fsp3) is 0.857. The van der Waals surface area contributed by atoms with Gasteiger partial charge in [0.2, 0.25) is 0 Å². The third-order valence-corrected chi connectivity index (χ3v) is 6.42. The van der Waals surface area contributed by atoms with Gasteiger partial charge < -0.3 is 0 Å². The molecule has 0 saturated heterocycles. The van der Waals surface area contributed by atoms with E-state index < -0.39 is 5.83 Å². The predicted molar refractivity (Wildman–Crippen MR) is 94.5 cm³/mol. The number of nitrogens with zero attached hydrogens (tertiary/aromatic N) is 1. The summed E-state index contributed by atoms with van der Waals surface area (Å²) in [6, 6.07) is 1.56. The highest BCUT2D eigenvalue weighted by Gasteiger charge is 2.30.